The Kier molecular flexibility index (Phi) is 6.32. The van der Waals surface area contributed by atoms with Gasteiger partial charge in [0.05, 0.1) is 13.2 Å². The standard InChI is InChI=1S/C6H13N.C5H9NO.C2H6/c7-6-4-2-1-3-5-6;1-5(2-6-1)3-7-4-5;1-2/h6H,1-5,7H2;6H,1-4H2;1-2H3. The van der Waals surface area contributed by atoms with Crippen molar-refractivity contribution in [2.75, 3.05) is 26.3 Å². The summed E-state index contributed by atoms with van der Waals surface area (Å²) in [4.78, 5) is 0. The van der Waals surface area contributed by atoms with Crippen LogP contribution in [0.25, 0.3) is 0 Å². The molecule has 0 radical (unpaired) electrons. The fraction of sp³-hybridized carbons (Fsp3) is 1.00. The van der Waals surface area contributed by atoms with Crippen LogP contribution in [0, 0.1) is 5.41 Å². The van der Waals surface area contributed by atoms with Crippen LogP contribution in [0.4, 0.5) is 0 Å². The van der Waals surface area contributed by atoms with E-state index in [2.05, 4.69) is 5.32 Å². The van der Waals surface area contributed by atoms with Crippen LogP contribution >= 0.6 is 0 Å². The first-order valence-corrected chi connectivity index (χ1v) is 6.85. The molecule has 0 bridgehead atoms. The fourth-order valence-electron chi connectivity index (χ4n) is 2.21. The second kappa shape index (κ2) is 7.25. The molecule has 96 valence electrons. The highest BCUT2D eigenvalue weighted by Crippen LogP contribution is 2.30. The van der Waals surface area contributed by atoms with Gasteiger partial charge in [-0.1, -0.05) is 33.1 Å². The Morgan fingerprint density at radius 2 is 1.62 bits per heavy atom. The van der Waals surface area contributed by atoms with Gasteiger partial charge in [0.15, 0.2) is 0 Å². The third kappa shape index (κ3) is 4.04. The summed E-state index contributed by atoms with van der Waals surface area (Å²) in [6.07, 6.45) is 6.66. The Labute approximate surface area is 100 Å². The molecule has 1 saturated carbocycles. The number of hydrogen-bond donors (Lipinski definition) is 2. The maximum Gasteiger partial charge on any atom is 0.0569 e. The molecule has 0 atom stereocenters. The number of nitrogens with one attached hydrogen (secondary N) is 1. The maximum atomic E-state index is 5.63. The van der Waals surface area contributed by atoms with Crippen LogP contribution in [0.15, 0.2) is 0 Å². The van der Waals surface area contributed by atoms with Crippen LogP contribution in [-0.2, 0) is 4.74 Å². The van der Waals surface area contributed by atoms with E-state index in [0.717, 1.165) is 13.2 Å². The zero-order valence-corrected chi connectivity index (χ0v) is 10.9. The molecule has 1 spiro atoms. The number of ether oxygens (including phenoxy) is 1. The molecule has 2 heterocycles. The van der Waals surface area contributed by atoms with Crippen molar-refractivity contribution in [1.29, 1.82) is 0 Å². The maximum absolute atomic E-state index is 5.63. The van der Waals surface area contributed by atoms with E-state index in [4.69, 9.17) is 10.5 Å². The van der Waals surface area contributed by atoms with Gasteiger partial charge in [-0.25, -0.2) is 0 Å². The van der Waals surface area contributed by atoms with Crippen molar-refractivity contribution >= 4 is 0 Å². The van der Waals surface area contributed by atoms with Crippen LogP contribution in [0.5, 0.6) is 0 Å². The molecule has 3 N–H and O–H groups in total. The van der Waals surface area contributed by atoms with Crippen LogP contribution in [0.3, 0.4) is 0 Å². The SMILES string of the molecule is C1NCC12COC2.CC.NC1CCCCC1. The average molecular weight is 228 g/mol. The van der Waals surface area contributed by atoms with Gasteiger partial charge >= 0.3 is 0 Å². The second-order valence-electron chi connectivity index (χ2n) is 4.99. The Bertz CT molecular complexity index is 155. The predicted octanol–water partition coefficient (Wildman–Crippen LogP) is 1.91. The van der Waals surface area contributed by atoms with Gasteiger partial charge in [0, 0.05) is 24.5 Å². The highest BCUT2D eigenvalue weighted by atomic mass is 16.5. The molecule has 2 aliphatic heterocycles. The summed E-state index contributed by atoms with van der Waals surface area (Å²) in [6, 6.07) is 0.536. The molecular weight excluding hydrogens is 200 g/mol. The van der Waals surface area contributed by atoms with E-state index in [9.17, 15) is 0 Å². The molecule has 3 aliphatic rings. The molecule has 3 heteroatoms. The summed E-state index contributed by atoms with van der Waals surface area (Å²) < 4.78 is 5.04. The monoisotopic (exact) mass is 228 g/mol. The van der Waals surface area contributed by atoms with Gasteiger partial charge in [-0.3, -0.25) is 0 Å². The molecule has 3 nitrogen and oxygen atoms in total. The van der Waals surface area contributed by atoms with Gasteiger partial charge in [0.2, 0.25) is 0 Å². The van der Waals surface area contributed by atoms with Crippen LogP contribution in [0.1, 0.15) is 46.0 Å². The van der Waals surface area contributed by atoms with E-state index < -0.39 is 0 Å². The molecular formula is C13H28N2O. The molecule has 0 aromatic heterocycles. The van der Waals surface area contributed by atoms with Crippen LogP contribution < -0.4 is 11.1 Å². The minimum atomic E-state index is 0.536. The quantitative estimate of drug-likeness (QED) is 0.666. The molecule has 3 fully saturated rings. The van der Waals surface area contributed by atoms with Crippen LogP contribution in [-0.4, -0.2) is 32.3 Å². The number of hydrogen-bond acceptors (Lipinski definition) is 3. The number of nitrogens with two attached hydrogens (primary N) is 1. The summed E-state index contributed by atoms with van der Waals surface area (Å²) in [7, 11) is 0. The summed E-state index contributed by atoms with van der Waals surface area (Å²) in [6.45, 7) is 8.38. The van der Waals surface area contributed by atoms with Crippen molar-refractivity contribution in [1.82, 2.24) is 5.32 Å². The zero-order chi connectivity index (χ0) is 11.9. The number of rotatable bonds is 0. The van der Waals surface area contributed by atoms with Crippen molar-refractivity contribution in [2.45, 2.75) is 52.0 Å². The minimum absolute atomic E-state index is 0.536. The smallest absolute Gasteiger partial charge is 0.0569 e. The minimum Gasteiger partial charge on any atom is -0.380 e. The highest BCUT2D eigenvalue weighted by Gasteiger charge is 2.43. The lowest BCUT2D eigenvalue weighted by Crippen LogP contribution is -2.64. The van der Waals surface area contributed by atoms with E-state index in [0.29, 0.717) is 11.5 Å². The molecule has 3 rings (SSSR count). The fourth-order valence-corrected chi connectivity index (χ4v) is 2.21. The van der Waals surface area contributed by atoms with Gasteiger partial charge in [-0.05, 0) is 12.8 Å². The van der Waals surface area contributed by atoms with E-state index in [1.165, 1.54) is 45.2 Å². The molecule has 0 amide bonds. The highest BCUT2D eigenvalue weighted by molar-refractivity contribution is 4.96. The Morgan fingerprint density at radius 1 is 1.06 bits per heavy atom. The first-order valence-electron chi connectivity index (χ1n) is 6.85. The molecule has 2 saturated heterocycles. The average Bonchev–Trinajstić information content (AvgIpc) is 2.18. The van der Waals surface area contributed by atoms with Crippen molar-refractivity contribution in [3.63, 3.8) is 0 Å². The Morgan fingerprint density at radius 3 is 1.75 bits per heavy atom. The molecule has 1 aliphatic carbocycles. The molecule has 0 unspecified atom stereocenters. The van der Waals surface area contributed by atoms with Crippen LogP contribution in [0.2, 0.25) is 0 Å². The molecule has 16 heavy (non-hydrogen) atoms. The first kappa shape index (κ1) is 13.9. The van der Waals surface area contributed by atoms with Crippen molar-refractivity contribution < 1.29 is 4.74 Å². The third-order valence-corrected chi connectivity index (χ3v) is 3.47. The van der Waals surface area contributed by atoms with Gasteiger partial charge in [-0.2, -0.15) is 0 Å². The van der Waals surface area contributed by atoms with Crippen molar-refractivity contribution in [3.8, 4) is 0 Å². The van der Waals surface area contributed by atoms with E-state index in [1.54, 1.807) is 0 Å². The lowest BCUT2D eigenvalue weighted by molar-refractivity contribution is -0.139. The lowest BCUT2D eigenvalue weighted by Gasteiger charge is -2.48. The largest absolute Gasteiger partial charge is 0.380 e. The molecule has 0 aromatic carbocycles. The summed E-state index contributed by atoms with van der Waals surface area (Å²) >= 11 is 0. The van der Waals surface area contributed by atoms with E-state index >= 15 is 0 Å². The normalized spacial score (nSPS) is 26.4. The lowest BCUT2D eigenvalue weighted by atomic mass is 9.80. The molecule has 0 aromatic rings. The second-order valence-corrected chi connectivity index (χ2v) is 4.99. The van der Waals surface area contributed by atoms with Gasteiger partial charge in [0.1, 0.15) is 0 Å². The predicted molar refractivity (Wildman–Crippen MR) is 68.5 cm³/mol. The van der Waals surface area contributed by atoms with Gasteiger partial charge in [-0.15, -0.1) is 0 Å². The first-order chi connectivity index (χ1) is 7.81. The summed E-state index contributed by atoms with van der Waals surface area (Å²) in [5.74, 6) is 0. The van der Waals surface area contributed by atoms with Gasteiger partial charge < -0.3 is 15.8 Å². The zero-order valence-electron chi connectivity index (χ0n) is 10.9. The van der Waals surface area contributed by atoms with E-state index in [1.807, 2.05) is 13.8 Å². The van der Waals surface area contributed by atoms with E-state index in [-0.39, 0.29) is 0 Å². The Balaban J connectivity index is 0.000000139. The topological polar surface area (TPSA) is 47.3 Å². The van der Waals surface area contributed by atoms with Crippen molar-refractivity contribution in [3.05, 3.63) is 0 Å². The summed E-state index contributed by atoms with van der Waals surface area (Å²) in [5.41, 5.74) is 6.25. The summed E-state index contributed by atoms with van der Waals surface area (Å²) in [5, 5.41) is 3.22. The third-order valence-electron chi connectivity index (χ3n) is 3.47. The van der Waals surface area contributed by atoms with Gasteiger partial charge in [0.25, 0.3) is 0 Å². The Hall–Kier alpha value is -0.120. The van der Waals surface area contributed by atoms with Crippen molar-refractivity contribution in [2.24, 2.45) is 11.1 Å².